The zero-order valence-electron chi connectivity index (χ0n) is 18.1. The van der Waals surface area contributed by atoms with Gasteiger partial charge in [-0.1, -0.05) is 19.3 Å². The van der Waals surface area contributed by atoms with Crippen LogP contribution < -0.4 is 15.0 Å². The number of carbonyl (C=O) groups excluding carboxylic acids is 2. The van der Waals surface area contributed by atoms with E-state index in [0.29, 0.717) is 22.1 Å². The maximum atomic E-state index is 13.6. The lowest BCUT2D eigenvalue weighted by molar-refractivity contribution is -0.171. The number of nitrogens with one attached hydrogen (secondary N) is 1. The van der Waals surface area contributed by atoms with Crippen molar-refractivity contribution in [1.82, 2.24) is 5.32 Å². The Balaban J connectivity index is 2.03. The smallest absolute Gasteiger partial charge is 0.471 e. The Morgan fingerprint density at radius 3 is 2.31 bits per heavy atom. The van der Waals surface area contributed by atoms with Gasteiger partial charge < -0.3 is 10.1 Å². The number of rotatable bonds is 7. The summed E-state index contributed by atoms with van der Waals surface area (Å²) >= 11 is 1.20. The second kappa shape index (κ2) is 10.4. The molecule has 1 aromatic carbocycles. The normalized spacial score (nSPS) is 15.8. The van der Waals surface area contributed by atoms with Gasteiger partial charge in [0.05, 0.1) is 6.61 Å². The first-order chi connectivity index (χ1) is 15.2. The van der Waals surface area contributed by atoms with Gasteiger partial charge in [-0.3, -0.25) is 14.5 Å². The zero-order valence-corrected chi connectivity index (χ0v) is 18.9. The molecule has 1 fully saturated rings. The fraction of sp³-hybridized carbons (Fsp3) is 0.478. The van der Waals surface area contributed by atoms with Crippen molar-refractivity contribution in [2.45, 2.75) is 64.2 Å². The molecule has 0 spiro atoms. The Labute approximate surface area is 189 Å². The molecule has 32 heavy (non-hydrogen) atoms. The number of halogens is 3. The summed E-state index contributed by atoms with van der Waals surface area (Å²) in [6, 6.07) is 7.53. The third-order valence-electron chi connectivity index (χ3n) is 5.38. The predicted molar refractivity (Wildman–Crippen MR) is 118 cm³/mol. The molecule has 1 aliphatic rings. The number of carbonyl (C=O) groups is 2. The van der Waals surface area contributed by atoms with Crippen molar-refractivity contribution in [2.24, 2.45) is 0 Å². The van der Waals surface area contributed by atoms with Crippen LogP contribution in [0.4, 0.5) is 18.9 Å². The highest BCUT2D eigenvalue weighted by Gasteiger charge is 2.48. The maximum absolute atomic E-state index is 13.6. The molecule has 5 nitrogen and oxygen atoms in total. The number of benzene rings is 1. The number of nitrogens with zero attached hydrogens (tertiary/aromatic N) is 1. The Hall–Kier alpha value is -2.55. The molecule has 1 aliphatic carbocycles. The fourth-order valence-corrected chi connectivity index (χ4v) is 4.86. The summed E-state index contributed by atoms with van der Waals surface area (Å²) in [5, 5.41) is 2.90. The van der Waals surface area contributed by atoms with Crippen LogP contribution in [0.3, 0.4) is 0 Å². The first-order valence-electron chi connectivity index (χ1n) is 10.7. The highest BCUT2D eigenvalue weighted by Crippen LogP contribution is 2.36. The number of thiophene rings is 1. The van der Waals surface area contributed by atoms with E-state index < -0.39 is 24.0 Å². The van der Waals surface area contributed by atoms with Crippen molar-refractivity contribution in [2.75, 3.05) is 11.5 Å². The van der Waals surface area contributed by atoms with Crippen LogP contribution in [-0.4, -0.2) is 30.6 Å². The van der Waals surface area contributed by atoms with Gasteiger partial charge in [-0.25, -0.2) is 0 Å². The predicted octanol–water partition coefficient (Wildman–Crippen LogP) is 5.54. The van der Waals surface area contributed by atoms with Gasteiger partial charge in [-0.05, 0) is 63.1 Å². The topological polar surface area (TPSA) is 58.6 Å². The van der Waals surface area contributed by atoms with E-state index in [4.69, 9.17) is 4.74 Å². The van der Waals surface area contributed by atoms with Crippen molar-refractivity contribution in [3.63, 3.8) is 0 Å². The molecule has 174 valence electrons. The van der Waals surface area contributed by atoms with Gasteiger partial charge in [0.15, 0.2) is 6.04 Å². The summed E-state index contributed by atoms with van der Waals surface area (Å²) in [6.45, 7) is 3.99. The third kappa shape index (κ3) is 5.82. The van der Waals surface area contributed by atoms with Crippen LogP contribution in [0.1, 0.15) is 54.8 Å². The third-order valence-corrected chi connectivity index (χ3v) is 6.43. The van der Waals surface area contributed by atoms with Crippen molar-refractivity contribution < 1.29 is 27.5 Å². The van der Waals surface area contributed by atoms with E-state index in [9.17, 15) is 22.8 Å². The van der Waals surface area contributed by atoms with Gasteiger partial charge in [0.25, 0.3) is 0 Å². The van der Waals surface area contributed by atoms with Gasteiger partial charge in [0.1, 0.15) is 5.75 Å². The van der Waals surface area contributed by atoms with E-state index in [1.807, 2.05) is 0 Å². The Morgan fingerprint density at radius 2 is 1.78 bits per heavy atom. The number of hydrogen-bond donors (Lipinski definition) is 1. The van der Waals surface area contributed by atoms with E-state index in [2.05, 4.69) is 5.32 Å². The standard InChI is InChI=1S/C23H27F3N2O3S/c1-3-31-18-12-10-17(11-13-18)28(22(30)23(24,25)26)20(19-14-9-15(2)32-19)21(29)27-16-7-5-4-6-8-16/h9-14,16,20H,3-8H2,1-2H3,(H,27,29). The minimum absolute atomic E-state index is 0.0226. The molecule has 1 atom stereocenters. The summed E-state index contributed by atoms with van der Waals surface area (Å²) in [7, 11) is 0. The number of hydrogen-bond acceptors (Lipinski definition) is 4. The van der Waals surface area contributed by atoms with E-state index in [0.717, 1.165) is 37.0 Å². The van der Waals surface area contributed by atoms with E-state index in [1.54, 1.807) is 26.0 Å². The summed E-state index contributed by atoms with van der Waals surface area (Å²) in [6.07, 6.45) is -0.606. The molecule has 0 saturated heterocycles. The van der Waals surface area contributed by atoms with Gasteiger partial charge in [0, 0.05) is 21.5 Å². The number of aryl methyl sites for hydroxylation is 1. The van der Waals surface area contributed by atoms with E-state index in [-0.39, 0.29) is 11.7 Å². The van der Waals surface area contributed by atoms with Gasteiger partial charge in [0.2, 0.25) is 5.91 Å². The molecular formula is C23H27F3N2O3S. The van der Waals surface area contributed by atoms with Gasteiger partial charge in [-0.2, -0.15) is 13.2 Å². The molecule has 1 N–H and O–H groups in total. The number of ether oxygens (including phenoxy) is 1. The summed E-state index contributed by atoms with van der Waals surface area (Å²) in [5.41, 5.74) is -0.0226. The quantitative estimate of drug-likeness (QED) is 0.580. The monoisotopic (exact) mass is 468 g/mol. The van der Waals surface area contributed by atoms with E-state index in [1.165, 1.54) is 35.6 Å². The summed E-state index contributed by atoms with van der Waals surface area (Å²) in [4.78, 5) is 27.7. The second-order valence-corrected chi connectivity index (χ2v) is 9.11. The lowest BCUT2D eigenvalue weighted by Crippen LogP contribution is -2.50. The van der Waals surface area contributed by atoms with E-state index >= 15 is 0 Å². The molecule has 2 aromatic rings. The summed E-state index contributed by atoms with van der Waals surface area (Å²) in [5.74, 6) is -2.23. The minimum Gasteiger partial charge on any atom is -0.494 e. The van der Waals surface area contributed by atoms with Crippen LogP contribution in [-0.2, 0) is 9.59 Å². The lowest BCUT2D eigenvalue weighted by Gasteiger charge is -2.33. The van der Waals surface area contributed by atoms with Crippen molar-refractivity contribution in [3.05, 3.63) is 46.2 Å². The average Bonchev–Trinajstić information content (AvgIpc) is 3.18. The minimum atomic E-state index is -5.14. The van der Waals surface area contributed by atoms with Crippen molar-refractivity contribution in [3.8, 4) is 5.75 Å². The molecule has 0 aliphatic heterocycles. The number of amides is 2. The second-order valence-electron chi connectivity index (χ2n) is 7.79. The molecule has 0 bridgehead atoms. The zero-order chi connectivity index (χ0) is 23.3. The van der Waals surface area contributed by atoms with Gasteiger partial charge in [-0.15, -0.1) is 11.3 Å². The highest BCUT2D eigenvalue weighted by molar-refractivity contribution is 7.12. The SMILES string of the molecule is CCOc1ccc(N(C(=O)C(F)(F)F)C(C(=O)NC2CCCCC2)c2ccc(C)s2)cc1. The van der Waals surface area contributed by atoms with Crippen LogP contribution in [0.25, 0.3) is 0 Å². The number of alkyl halides is 3. The highest BCUT2D eigenvalue weighted by atomic mass is 32.1. The van der Waals surface area contributed by atoms with Crippen LogP contribution in [0.15, 0.2) is 36.4 Å². The molecule has 1 unspecified atom stereocenters. The van der Waals surface area contributed by atoms with Crippen LogP contribution in [0.5, 0.6) is 5.75 Å². The van der Waals surface area contributed by atoms with Crippen molar-refractivity contribution >= 4 is 28.8 Å². The summed E-state index contributed by atoms with van der Waals surface area (Å²) < 4.78 is 46.3. The Kier molecular flexibility index (Phi) is 7.82. The van der Waals surface area contributed by atoms with Gasteiger partial charge >= 0.3 is 12.1 Å². The molecular weight excluding hydrogens is 441 g/mol. The number of anilines is 1. The van der Waals surface area contributed by atoms with Crippen LogP contribution in [0, 0.1) is 6.92 Å². The average molecular weight is 469 g/mol. The first kappa shape index (κ1) is 24.1. The molecule has 1 heterocycles. The first-order valence-corrected chi connectivity index (χ1v) is 11.5. The van der Waals surface area contributed by atoms with Crippen LogP contribution in [0.2, 0.25) is 0 Å². The van der Waals surface area contributed by atoms with Crippen LogP contribution >= 0.6 is 11.3 Å². The molecule has 0 radical (unpaired) electrons. The lowest BCUT2D eigenvalue weighted by atomic mass is 9.95. The molecule has 1 aromatic heterocycles. The molecule has 2 amide bonds. The van der Waals surface area contributed by atoms with Crippen molar-refractivity contribution in [1.29, 1.82) is 0 Å². The largest absolute Gasteiger partial charge is 0.494 e. The Bertz CT molecular complexity index is 921. The fourth-order valence-electron chi connectivity index (χ4n) is 3.89. The molecule has 1 saturated carbocycles. The maximum Gasteiger partial charge on any atom is 0.471 e. The molecule has 3 rings (SSSR count). The Morgan fingerprint density at radius 1 is 1.12 bits per heavy atom. The molecule has 9 heteroatoms.